The number of hydrogen-bond donors (Lipinski definition) is 2. The van der Waals surface area contributed by atoms with Crippen molar-refractivity contribution in [2.75, 3.05) is 11.9 Å². The number of fused-ring (bicyclic) bond motifs is 1. The minimum atomic E-state index is -0.795. The first-order chi connectivity index (χ1) is 17.0. The summed E-state index contributed by atoms with van der Waals surface area (Å²) in [5.74, 6) is -1.13. The Bertz CT molecular complexity index is 1370. The van der Waals surface area contributed by atoms with Crippen LogP contribution < -0.4 is 10.6 Å². The molecule has 0 spiro atoms. The van der Waals surface area contributed by atoms with Gasteiger partial charge in [0.25, 0.3) is 5.91 Å². The Labute approximate surface area is 200 Å². The molecule has 0 saturated heterocycles. The zero-order chi connectivity index (χ0) is 24.8. The van der Waals surface area contributed by atoms with Crippen molar-refractivity contribution in [3.63, 3.8) is 0 Å². The number of carbonyl (C=O) groups is 3. The fraction of sp³-hybridized carbons (Fsp3) is 0.154. The van der Waals surface area contributed by atoms with E-state index in [0.29, 0.717) is 23.3 Å². The molecule has 0 bridgehead atoms. The third-order valence-corrected chi connectivity index (χ3v) is 5.40. The number of rotatable bonds is 8. The highest BCUT2D eigenvalue weighted by atomic mass is 19.1. The van der Waals surface area contributed by atoms with Crippen LogP contribution in [0.25, 0.3) is 22.2 Å². The van der Waals surface area contributed by atoms with Crippen LogP contribution in [0.2, 0.25) is 0 Å². The second kappa shape index (κ2) is 10.6. The topological polar surface area (TPSA) is 102 Å². The maximum Gasteiger partial charge on any atom is 0.407 e. The van der Waals surface area contributed by atoms with Crippen LogP contribution in [0.3, 0.4) is 0 Å². The van der Waals surface area contributed by atoms with E-state index in [0.717, 1.165) is 22.2 Å². The Morgan fingerprint density at radius 3 is 2.46 bits per heavy atom. The Balaban J connectivity index is 1.88. The number of nitrogens with one attached hydrogen (secondary N) is 2. The van der Waals surface area contributed by atoms with Gasteiger partial charge in [0.15, 0.2) is 0 Å². The van der Waals surface area contributed by atoms with Crippen molar-refractivity contribution in [1.29, 1.82) is 0 Å². The largest absolute Gasteiger partial charge is 0.450 e. The lowest BCUT2D eigenvalue weighted by molar-refractivity contribution is -0.127. The molecule has 0 radical (unpaired) electrons. The van der Waals surface area contributed by atoms with Crippen molar-refractivity contribution in [2.24, 2.45) is 0 Å². The molecule has 2 amide bonds. The lowest BCUT2D eigenvalue weighted by atomic mass is 10.1. The van der Waals surface area contributed by atoms with Crippen LogP contribution in [0.15, 0.2) is 67.0 Å². The molecule has 0 fully saturated rings. The number of aromatic nitrogens is 2. The minimum absolute atomic E-state index is 0.212. The number of carbonyl (C=O) groups excluding carboxylic acids is 3. The average molecular weight is 474 g/mol. The fourth-order valence-electron chi connectivity index (χ4n) is 3.89. The van der Waals surface area contributed by atoms with Crippen LogP contribution in [-0.4, -0.2) is 34.4 Å². The molecule has 35 heavy (non-hydrogen) atoms. The number of aldehydes is 1. The maximum atomic E-state index is 13.5. The van der Waals surface area contributed by atoms with Gasteiger partial charge in [-0.05, 0) is 54.4 Å². The van der Waals surface area contributed by atoms with Crippen LogP contribution in [-0.2, 0) is 27.4 Å². The number of benzene rings is 2. The second-order valence-electron chi connectivity index (χ2n) is 7.70. The van der Waals surface area contributed by atoms with Gasteiger partial charge >= 0.3 is 6.09 Å². The zero-order valence-corrected chi connectivity index (χ0v) is 19.0. The number of ether oxygens (including phenoxy) is 1. The van der Waals surface area contributed by atoms with E-state index in [1.807, 2.05) is 22.8 Å². The van der Waals surface area contributed by atoms with Crippen LogP contribution in [0.1, 0.15) is 18.1 Å². The van der Waals surface area contributed by atoms with Gasteiger partial charge in [-0.25, -0.2) is 9.18 Å². The molecule has 8 nitrogen and oxygen atoms in total. The van der Waals surface area contributed by atoms with Crippen LogP contribution >= 0.6 is 0 Å². The third-order valence-electron chi connectivity index (χ3n) is 5.40. The summed E-state index contributed by atoms with van der Waals surface area (Å²) in [5, 5.41) is 6.07. The average Bonchev–Trinajstić information content (AvgIpc) is 3.16. The molecule has 0 aliphatic heterocycles. The summed E-state index contributed by atoms with van der Waals surface area (Å²) < 4.78 is 20.4. The summed E-state index contributed by atoms with van der Waals surface area (Å²) in [4.78, 5) is 39.2. The van der Waals surface area contributed by atoms with Gasteiger partial charge in [0.2, 0.25) is 6.29 Å². The summed E-state index contributed by atoms with van der Waals surface area (Å²) in [6, 6.07) is 15.3. The summed E-state index contributed by atoms with van der Waals surface area (Å²) >= 11 is 0. The van der Waals surface area contributed by atoms with E-state index < -0.39 is 12.0 Å². The summed E-state index contributed by atoms with van der Waals surface area (Å²) in [7, 11) is 0. The predicted octanol–water partition coefficient (Wildman–Crippen LogP) is 4.27. The summed E-state index contributed by atoms with van der Waals surface area (Å²) in [6.45, 7) is 2.57. The lowest BCUT2D eigenvalue weighted by Gasteiger charge is -2.13. The Morgan fingerprint density at radius 2 is 1.77 bits per heavy atom. The van der Waals surface area contributed by atoms with Gasteiger partial charge < -0.3 is 19.9 Å². The summed E-state index contributed by atoms with van der Waals surface area (Å²) in [5.41, 5.74) is 4.28. The number of pyridine rings is 1. The Kier molecular flexibility index (Phi) is 7.15. The highest BCUT2D eigenvalue weighted by molar-refractivity contribution is 6.31. The van der Waals surface area contributed by atoms with E-state index >= 15 is 0 Å². The fourth-order valence-corrected chi connectivity index (χ4v) is 3.89. The number of hydrogen-bond acceptors (Lipinski definition) is 5. The molecule has 0 saturated carbocycles. The van der Waals surface area contributed by atoms with Gasteiger partial charge in [-0.15, -0.1) is 0 Å². The maximum absolute atomic E-state index is 13.5. The monoisotopic (exact) mass is 474 g/mol. The number of anilines is 1. The molecule has 2 heterocycles. The first kappa shape index (κ1) is 23.6. The quantitative estimate of drug-likeness (QED) is 0.293. The smallest absolute Gasteiger partial charge is 0.407 e. The normalized spacial score (nSPS) is 10.7. The number of amides is 2. The van der Waals surface area contributed by atoms with E-state index in [4.69, 9.17) is 4.74 Å². The van der Waals surface area contributed by atoms with Crippen molar-refractivity contribution < 1.29 is 23.5 Å². The standard InChI is InChI=1S/C26H23FN4O4/c1-2-35-26(34)29-14-18-5-8-22-21(13-18)24(30-23(33)16-32)25(19-9-11-28-12-10-19)31(22)15-17-3-6-20(27)7-4-17/h3-13,16H,2,14-15H2,1H3,(H,29,34)(H,30,33). The Morgan fingerprint density at radius 1 is 1.06 bits per heavy atom. The first-order valence-corrected chi connectivity index (χ1v) is 11.0. The SMILES string of the molecule is CCOC(=O)NCc1ccc2c(c1)c(NC(=O)C=O)c(-c1ccncc1)n2Cc1ccc(F)cc1. The lowest BCUT2D eigenvalue weighted by Crippen LogP contribution is -2.23. The van der Waals surface area contributed by atoms with Gasteiger partial charge in [-0.3, -0.25) is 14.6 Å². The molecular formula is C26H23FN4O4. The number of halogens is 1. The van der Waals surface area contributed by atoms with Crippen LogP contribution in [0, 0.1) is 5.82 Å². The van der Waals surface area contributed by atoms with Crippen molar-refractivity contribution in [3.8, 4) is 11.3 Å². The molecule has 0 aliphatic carbocycles. The molecule has 2 aromatic heterocycles. The van der Waals surface area contributed by atoms with Gasteiger partial charge in [-0.1, -0.05) is 18.2 Å². The highest BCUT2D eigenvalue weighted by Gasteiger charge is 2.21. The van der Waals surface area contributed by atoms with E-state index in [9.17, 15) is 18.8 Å². The third kappa shape index (κ3) is 5.35. The molecule has 0 aliphatic rings. The molecular weight excluding hydrogens is 451 g/mol. The molecule has 4 rings (SSSR count). The van der Waals surface area contributed by atoms with Crippen molar-refractivity contribution in [3.05, 3.63) is 83.9 Å². The van der Waals surface area contributed by atoms with Crippen LogP contribution in [0.5, 0.6) is 0 Å². The second-order valence-corrected chi connectivity index (χ2v) is 7.70. The molecule has 0 unspecified atom stereocenters. The van der Waals surface area contributed by atoms with Crippen molar-refractivity contribution in [2.45, 2.75) is 20.0 Å². The Hall–Kier alpha value is -4.53. The van der Waals surface area contributed by atoms with Crippen LogP contribution in [0.4, 0.5) is 14.9 Å². The van der Waals surface area contributed by atoms with Gasteiger partial charge in [0, 0.05) is 36.4 Å². The first-order valence-electron chi connectivity index (χ1n) is 11.0. The highest BCUT2D eigenvalue weighted by Crippen LogP contribution is 2.39. The van der Waals surface area contributed by atoms with Crippen molar-refractivity contribution >= 4 is 34.9 Å². The van der Waals surface area contributed by atoms with Gasteiger partial charge in [0.05, 0.1) is 23.5 Å². The van der Waals surface area contributed by atoms with Crippen molar-refractivity contribution in [1.82, 2.24) is 14.9 Å². The molecule has 4 aromatic rings. The van der Waals surface area contributed by atoms with Gasteiger partial charge in [0.1, 0.15) is 5.82 Å². The zero-order valence-electron chi connectivity index (χ0n) is 19.0. The number of alkyl carbamates (subject to hydrolysis) is 1. The molecule has 178 valence electrons. The molecule has 2 aromatic carbocycles. The predicted molar refractivity (Wildman–Crippen MR) is 129 cm³/mol. The summed E-state index contributed by atoms with van der Waals surface area (Å²) in [6.07, 6.45) is 2.95. The van der Waals surface area contributed by atoms with E-state index in [-0.39, 0.29) is 25.3 Å². The van der Waals surface area contributed by atoms with E-state index in [1.165, 1.54) is 12.1 Å². The molecule has 9 heteroatoms. The molecule has 0 atom stereocenters. The molecule has 2 N–H and O–H groups in total. The van der Waals surface area contributed by atoms with E-state index in [2.05, 4.69) is 15.6 Å². The van der Waals surface area contributed by atoms with Gasteiger partial charge in [-0.2, -0.15) is 0 Å². The van der Waals surface area contributed by atoms with E-state index in [1.54, 1.807) is 43.6 Å². The number of nitrogens with zero attached hydrogens (tertiary/aromatic N) is 2. The minimum Gasteiger partial charge on any atom is -0.450 e.